The van der Waals surface area contributed by atoms with Crippen LogP contribution in [0.2, 0.25) is 0 Å². The Morgan fingerprint density at radius 2 is 1.50 bits per heavy atom. The van der Waals surface area contributed by atoms with Gasteiger partial charge < -0.3 is 0 Å². The van der Waals surface area contributed by atoms with Gasteiger partial charge in [0.2, 0.25) is 0 Å². The maximum absolute atomic E-state index is 12.7. The van der Waals surface area contributed by atoms with Crippen molar-refractivity contribution in [1.82, 2.24) is 5.43 Å². The van der Waals surface area contributed by atoms with E-state index in [2.05, 4.69) is 10.5 Å². The summed E-state index contributed by atoms with van der Waals surface area (Å²) in [6, 6.07) is 28.3. The van der Waals surface area contributed by atoms with Gasteiger partial charge in [-0.2, -0.15) is 5.10 Å². The van der Waals surface area contributed by atoms with Gasteiger partial charge in [0.15, 0.2) is 0 Å². The zero-order valence-electron chi connectivity index (χ0n) is 17.3. The van der Waals surface area contributed by atoms with Crippen molar-refractivity contribution in [3.8, 4) is 0 Å². The Bertz CT molecular complexity index is 1380. The van der Waals surface area contributed by atoms with Crippen molar-refractivity contribution < 1.29 is 13.2 Å². The summed E-state index contributed by atoms with van der Waals surface area (Å²) in [7, 11) is -2.20. The maximum atomic E-state index is 12.7. The predicted octanol–water partition coefficient (Wildman–Crippen LogP) is 4.43. The fourth-order valence-electron chi connectivity index (χ4n) is 3.30. The van der Waals surface area contributed by atoms with Gasteiger partial charge >= 0.3 is 0 Å². The molecule has 0 aliphatic heterocycles. The lowest BCUT2D eigenvalue weighted by molar-refractivity contribution is 0.0955. The number of benzene rings is 4. The SMILES string of the molecule is CN(c1ccc(C(=O)N/N=C/c2cccc3ccccc23)cc1)S(=O)(=O)c1ccccc1. The summed E-state index contributed by atoms with van der Waals surface area (Å²) < 4.78 is 26.7. The normalized spacial score (nSPS) is 11.5. The first-order valence-corrected chi connectivity index (χ1v) is 11.4. The summed E-state index contributed by atoms with van der Waals surface area (Å²) in [5.41, 5.74) is 4.23. The zero-order chi connectivity index (χ0) is 22.6. The molecule has 4 aromatic rings. The van der Waals surface area contributed by atoms with E-state index < -0.39 is 10.0 Å². The standard InChI is InChI=1S/C25H21N3O3S/c1-28(32(30,31)23-11-3-2-4-12-23)22-16-14-20(15-17-22)25(29)27-26-18-21-10-7-9-19-8-5-6-13-24(19)21/h2-18H,1H3,(H,27,29)/b26-18+. The minimum absolute atomic E-state index is 0.201. The highest BCUT2D eigenvalue weighted by Crippen LogP contribution is 2.22. The Labute approximate surface area is 186 Å². The van der Waals surface area contributed by atoms with Crippen LogP contribution in [0.1, 0.15) is 15.9 Å². The molecule has 0 spiro atoms. The number of nitrogens with one attached hydrogen (secondary N) is 1. The van der Waals surface area contributed by atoms with Crippen LogP contribution in [0, 0.1) is 0 Å². The van der Waals surface area contributed by atoms with E-state index in [4.69, 9.17) is 0 Å². The van der Waals surface area contributed by atoms with Crippen LogP contribution in [0.3, 0.4) is 0 Å². The number of amides is 1. The fraction of sp³-hybridized carbons (Fsp3) is 0.0400. The number of carbonyl (C=O) groups excluding carboxylic acids is 1. The molecule has 1 N–H and O–H groups in total. The molecular weight excluding hydrogens is 422 g/mol. The molecule has 0 aliphatic carbocycles. The van der Waals surface area contributed by atoms with E-state index in [1.54, 1.807) is 60.8 Å². The number of nitrogens with zero attached hydrogens (tertiary/aromatic N) is 2. The third-order valence-corrected chi connectivity index (χ3v) is 6.89. The summed E-state index contributed by atoms with van der Waals surface area (Å²) in [6.45, 7) is 0. The first-order valence-electron chi connectivity index (χ1n) is 9.92. The molecule has 0 aliphatic rings. The molecular formula is C25H21N3O3S. The van der Waals surface area contributed by atoms with E-state index in [-0.39, 0.29) is 10.8 Å². The smallest absolute Gasteiger partial charge is 0.269 e. The van der Waals surface area contributed by atoms with E-state index >= 15 is 0 Å². The Hall–Kier alpha value is -3.97. The molecule has 6 nitrogen and oxygen atoms in total. The van der Waals surface area contributed by atoms with Crippen molar-refractivity contribution in [3.05, 3.63) is 108 Å². The Kier molecular flexibility index (Phi) is 6.00. The van der Waals surface area contributed by atoms with Gasteiger partial charge in [-0.15, -0.1) is 0 Å². The quantitative estimate of drug-likeness (QED) is 0.354. The molecule has 0 heterocycles. The second-order valence-electron chi connectivity index (χ2n) is 7.10. The second-order valence-corrected chi connectivity index (χ2v) is 9.07. The number of anilines is 1. The van der Waals surface area contributed by atoms with Crippen molar-refractivity contribution in [2.24, 2.45) is 5.10 Å². The van der Waals surface area contributed by atoms with Crippen LogP contribution in [-0.4, -0.2) is 27.6 Å². The first kappa shape index (κ1) is 21.3. The molecule has 0 bridgehead atoms. The lowest BCUT2D eigenvalue weighted by atomic mass is 10.1. The van der Waals surface area contributed by atoms with Crippen LogP contribution >= 0.6 is 0 Å². The Morgan fingerprint density at radius 3 is 2.25 bits per heavy atom. The number of sulfonamides is 1. The molecule has 0 atom stereocenters. The number of carbonyl (C=O) groups is 1. The molecule has 0 radical (unpaired) electrons. The fourth-order valence-corrected chi connectivity index (χ4v) is 4.52. The molecule has 0 saturated heterocycles. The average Bonchev–Trinajstić information content (AvgIpc) is 2.84. The number of rotatable bonds is 6. The molecule has 4 aromatic carbocycles. The summed E-state index contributed by atoms with van der Waals surface area (Å²) >= 11 is 0. The lowest BCUT2D eigenvalue weighted by Crippen LogP contribution is -2.26. The lowest BCUT2D eigenvalue weighted by Gasteiger charge is -2.19. The zero-order valence-corrected chi connectivity index (χ0v) is 18.2. The van der Waals surface area contributed by atoms with Gasteiger partial charge in [-0.1, -0.05) is 60.7 Å². The van der Waals surface area contributed by atoms with Gasteiger partial charge in [-0.3, -0.25) is 9.10 Å². The van der Waals surface area contributed by atoms with E-state index in [0.717, 1.165) is 16.3 Å². The topological polar surface area (TPSA) is 78.8 Å². The van der Waals surface area contributed by atoms with Gasteiger partial charge in [0, 0.05) is 18.2 Å². The summed E-state index contributed by atoms with van der Waals surface area (Å²) in [5, 5.41) is 6.21. The molecule has 0 unspecified atom stereocenters. The predicted molar refractivity (Wildman–Crippen MR) is 127 cm³/mol. The molecule has 1 amide bonds. The number of hydrazone groups is 1. The van der Waals surface area contributed by atoms with Gasteiger partial charge in [-0.05, 0) is 47.2 Å². The average molecular weight is 444 g/mol. The number of hydrogen-bond donors (Lipinski definition) is 1. The van der Waals surface area contributed by atoms with E-state index in [1.165, 1.54) is 11.4 Å². The van der Waals surface area contributed by atoms with Crippen molar-refractivity contribution in [3.63, 3.8) is 0 Å². The van der Waals surface area contributed by atoms with Crippen molar-refractivity contribution in [2.45, 2.75) is 4.90 Å². The highest BCUT2D eigenvalue weighted by atomic mass is 32.2. The van der Waals surface area contributed by atoms with Crippen LogP contribution in [0.4, 0.5) is 5.69 Å². The third-order valence-electron chi connectivity index (χ3n) is 5.09. The minimum Gasteiger partial charge on any atom is -0.269 e. The van der Waals surface area contributed by atoms with E-state index in [0.29, 0.717) is 11.3 Å². The summed E-state index contributed by atoms with van der Waals surface area (Å²) in [6.07, 6.45) is 1.61. The molecule has 32 heavy (non-hydrogen) atoms. The highest BCUT2D eigenvalue weighted by molar-refractivity contribution is 7.92. The number of fused-ring (bicyclic) bond motifs is 1. The molecule has 4 rings (SSSR count). The highest BCUT2D eigenvalue weighted by Gasteiger charge is 2.21. The minimum atomic E-state index is -3.68. The van der Waals surface area contributed by atoms with Gasteiger partial charge in [0.05, 0.1) is 16.8 Å². The largest absolute Gasteiger partial charge is 0.271 e. The van der Waals surface area contributed by atoms with Crippen LogP contribution in [0.15, 0.2) is 107 Å². The van der Waals surface area contributed by atoms with E-state index in [1.807, 2.05) is 42.5 Å². The van der Waals surface area contributed by atoms with Gasteiger partial charge in [0.1, 0.15) is 0 Å². The maximum Gasteiger partial charge on any atom is 0.271 e. The van der Waals surface area contributed by atoms with Crippen molar-refractivity contribution in [2.75, 3.05) is 11.4 Å². The molecule has 0 aromatic heterocycles. The monoisotopic (exact) mass is 443 g/mol. The van der Waals surface area contributed by atoms with Crippen molar-refractivity contribution >= 4 is 38.6 Å². The second kappa shape index (κ2) is 9.03. The molecule has 0 saturated carbocycles. The summed E-state index contributed by atoms with van der Waals surface area (Å²) in [5.74, 6) is -0.387. The van der Waals surface area contributed by atoms with Gasteiger partial charge in [0.25, 0.3) is 15.9 Å². The molecule has 0 fully saturated rings. The van der Waals surface area contributed by atoms with Crippen molar-refractivity contribution in [1.29, 1.82) is 0 Å². The van der Waals surface area contributed by atoms with Gasteiger partial charge in [-0.25, -0.2) is 13.8 Å². The first-order chi connectivity index (χ1) is 15.5. The van der Waals surface area contributed by atoms with Crippen LogP contribution < -0.4 is 9.73 Å². The Balaban J connectivity index is 1.46. The third kappa shape index (κ3) is 4.38. The summed E-state index contributed by atoms with van der Waals surface area (Å²) in [4.78, 5) is 12.6. The van der Waals surface area contributed by atoms with E-state index in [9.17, 15) is 13.2 Å². The molecule has 7 heteroatoms. The number of hydrogen-bond acceptors (Lipinski definition) is 4. The van der Waals surface area contributed by atoms with Crippen LogP contribution in [0.5, 0.6) is 0 Å². The Morgan fingerprint density at radius 1 is 0.844 bits per heavy atom. The van der Waals surface area contributed by atoms with Crippen LogP contribution in [-0.2, 0) is 10.0 Å². The molecule has 160 valence electrons. The van der Waals surface area contributed by atoms with Crippen LogP contribution in [0.25, 0.3) is 10.8 Å².